The largest absolute Gasteiger partial charge is 0.596 e. The number of rotatable bonds is 0. The maximum Gasteiger partial charge on any atom is 0.190 e. The second-order valence-electron chi connectivity index (χ2n) is 2.07. The molecule has 4 nitrogen and oxygen atoms in total. The van der Waals surface area contributed by atoms with E-state index < -0.39 is 0 Å². The molecule has 12 heavy (non-hydrogen) atoms. The molecular weight excluding hydrogens is 193 g/mol. The van der Waals surface area contributed by atoms with Gasteiger partial charge >= 0.3 is 0 Å². The van der Waals surface area contributed by atoms with Crippen LogP contribution in [-0.4, -0.2) is 10.1 Å². The van der Waals surface area contributed by atoms with Gasteiger partial charge < -0.3 is 10.2 Å². The smallest absolute Gasteiger partial charge is 0.190 e. The normalized spacial score (nSPS) is 9.33. The van der Waals surface area contributed by atoms with Crippen LogP contribution in [0, 0.1) is 11.5 Å². The van der Waals surface area contributed by atoms with E-state index >= 15 is 0 Å². The molecular formula is C7H4N3OV-. The van der Waals surface area contributed by atoms with E-state index in [-0.39, 0.29) is 18.6 Å². The molecule has 2 rings (SSSR count). The summed E-state index contributed by atoms with van der Waals surface area (Å²) < 4.78 is 0. The van der Waals surface area contributed by atoms with E-state index in [2.05, 4.69) is 16.4 Å². The second kappa shape index (κ2) is 3.51. The van der Waals surface area contributed by atoms with Crippen molar-refractivity contribution in [1.82, 2.24) is 10.1 Å². The SMILES string of the molecule is [O-][n+]1n[c-]nc2ccccc21.[V]. The van der Waals surface area contributed by atoms with Crippen LogP contribution in [0.25, 0.3) is 11.0 Å². The Labute approximate surface area is 80.7 Å². The zero-order chi connectivity index (χ0) is 7.68. The van der Waals surface area contributed by atoms with Gasteiger partial charge in [-0.25, -0.2) is 0 Å². The van der Waals surface area contributed by atoms with Crippen LogP contribution in [0.1, 0.15) is 0 Å². The van der Waals surface area contributed by atoms with Gasteiger partial charge in [0.1, 0.15) is 0 Å². The quantitative estimate of drug-likeness (QED) is 0.341. The van der Waals surface area contributed by atoms with Gasteiger partial charge in [-0.1, -0.05) is 22.1 Å². The maximum atomic E-state index is 10.9. The molecule has 0 saturated heterocycles. The Morgan fingerprint density at radius 2 is 2.08 bits per heavy atom. The van der Waals surface area contributed by atoms with Gasteiger partial charge in [-0.15, -0.1) is 6.07 Å². The number of fused-ring (bicyclic) bond motifs is 1. The fourth-order valence-electron chi connectivity index (χ4n) is 0.891. The molecule has 0 atom stereocenters. The predicted molar refractivity (Wildman–Crippen MR) is 37.3 cm³/mol. The molecule has 59 valence electrons. The first-order chi connectivity index (χ1) is 5.38. The van der Waals surface area contributed by atoms with Crippen LogP contribution in [0.5, 0.6) is 0 Å². The molecule has 0 N–H and O–H groups in total. The number of benzene rings is 1. The Bertz CT molecular complexity index is 388. The molecule has 0 saturated carbocycles. The zero-order valence-electron chi connectivity index (χ0n) is 6.01. The van der Waals surface area contributed by atoms with Gasteiger partial charge in [0.2, 0.25) is 0 Å². The fraction of sp³-hybridized carbons (Fsp3) is 0. The summed E-state index contributed by atoms with van der Waals surface area (Å²) in [6, 6.07) is 6.97. The third-order valence-electron chi connectivity index (χ3n) is 1.39. The summed E-state index contributed by atoms with van der Waals surface area (Å²) in [6.45, 7) is 0. The van der Waals surface area contributed by atoms with Crippen LogP contribution < -0.4 is 4.85 Å². The van der Waals surface area contributed by atoms with E-state index in [0.29, 0.717) is 15.9 Å². The molecule has 1 aromatic carbocycles. The molecule has 1 aromatic heterocycles. The Balaban J connectivity index is 0.000000720. The monoisotopic (exact) mass is 197 g/mol. The summed E-state index contributed by atoms with van der Waals surface area (Å²) in [5.41, 5.74) is 1.07. The Hall–Kier alpha value is -1.13. The van der Waals surface area contributed by atoms with Crippen molar-refractivity contribution < 1.29 is 23.4 Å². The van der Waals surface area contributed by atoms with Crippen molar-refractivity contribution in [2.45, 2.75) is 0 Å². The Morgan fingerprint density at radius 3 is 2.83 bits per heavy atom. The minimum absolute atomic E-state index is 0. The maximum absolute atomic E-state index is 10.9. The van der Waals surface area contributed by atoms with Gasteiger partial charge in [0.05, 0.1) is 0 Å². The van der Waals surface area contributed by atoms with E-state index in [1.54, 1.807) is 18.2 Å². The molecule has 0 bridgehead atoms. The van der Waals surface area contributed by atoms with Crippen molar-refractivity contribution in [1.29, 1.82) is 0 Å². The summed E-state index contributed by atoms with van der Waals surface area (Å²) in [7, 11) is 0. The van der Waals surface area contributed by atoms with Crippen molar-refractivity contribution in [3.05, 3.63) is 35.8 Å². The average molecular weight is 197 g/mol. The predicted octanol–water partition coefficient (Wildman–Crippen LogP) is 0.0609. The van der Waals surface area contributed by atoms with Crippen molar-refractivity contribution in [3.63, 3.8) is 0 Å². The molecule has 2 aromatic rings. The van der Waals surface area contributed by atoms with Crippen LogP contribution in [-0.2, 0) is 18.6 Å². The molecule has 0 fully saturated rings. The molecule has 1 radical (unpaired) electrons. The molecule has 0 aliphatic carbocycles. The Morgan fingerprint density at radius 1 is 1.33 bits per heavy atom. The molecule has 0 aliphatic heterocycles. The zero-order valence-corrected chi connectivity index (χ0v) is 7.40. The average Bonchev–Trinajstić information content (AvgIpc) is 2.06. The van der Waals surface area contributed by atoms with Crippen molar-refractivity contribution >= 4 is 11.0 Å². The van der Waals surface area contributed by atoms with E-state index in [1.807, 2.05) is 6.07 Å². The summed E-state index contributed by atoms with van der Waals surface area (Å²) in [6.07, 6.45) is 2.25. The third kappa shape index (κ3) is 1.39. The first kappa shape index (κ1) is 8.97. The summed E-state index contributed by atoms with van der Waals surface area (Å²) in [5.74, 6) is 0. The summed E-state index contributed by atoms with van der Waals surface area (Å²) in [5, 5.41) is 14.2. The second-order valence-corrected chi connectivity index (χ2v) is 2.07. The van der Waals surface area contributed by atoms with Gasteiger partial charge in [0.15, 0.2) is 5.52 Å². The van der Waals surface area contributed by atoms with Gasteiger partial charge in [0, 0.05) is 24.9 Å². The van der Waals surface area contributed by atoms with Crippen LogP contribution in [0.15, 0.2) is 24.3 Å². The number of para-hydroxylation sites is 2. The van der Waals surface area contributed by atoms with E-state index in [1.165, 1.54) is 0 Å². The van der Waals surface area contributed by atoms with Gasteiger partial charge in [-0.3, -0.25) is 0 Å². The topological polar surface area (TPSA) is 52.7 Å². The van der Waals surface area contributed by atoms with Crippen LogP contribution in [0.4, 0.5) is 0 Å². The van der Waals surface area contributed by atoms with E-state index in [9.17, 15) is 5.21 Å². The van der Waals surface area contributed by atoms with Gasteiger partial charge in [-0.2, -0.15) is 0 Å². The molecule has 0 amide bonds. The first-order valence-corrected chi connectivity index (χ1v) is 3.10. The minimum atomic E-state index is 0. The minimum Gasteiger partial charge on any atom is -0.596 e. The standard InChI is InChI=1S/C7H4N3O.V/c11-10-7-4-2-1-3-6(7)8-5-9-10;/h1-4H;/q-1;. The molecule has 1 heterocycles. The van der Waals surface area contributed by atoms with Crippen LogP contribution in [0.2, 0.25) is 0 Å². The number of aromatic nitrogens is 3. The van der Waals surface area contributed by atoms with Crippen molar-refractivity contribution in [2.24, 2.45) is 0 Å². The molecule has 5 heteroatoms. The van der Waals surface area contributed by atoms with E-state index in [4.69, 9.17) is 0 Å². The van der Waals surface area contributed by atoms with Crippen molar-refractivity contribution in [3.8, 4) is 0 Å². The van der Waals surface area contributed by atoms with Crippen LogP contribution in [0.3, 0.4) is 0 Å². The van der Waals surface area contributed by atoms with Crippen molar-refractivity contribution in [2.75, 3.05) is 0 Å². The summed E-state index contributed by atoms with van der Waals surface area (Å²) in [4.78, 5) is 4.29. The van der Waals surface area contributed by atoms with E-state index in [0.717, 1.165) is 0 Å². The molecule has 0 aliphatic rings. The first-order valence-electron chi connectivity index (χ1n) is 3.10. The number of hydrogen-bond donors (Lipinski definition) is 0. The van der Waals surface area contributed by atoms with Gasteiger partial charge in [0.25, 0.3) is 0 Å². The fourth-order valence-corrected chi connectivity index (χ4v) is 0.891. The Kier molecular flexibility index (Phi) is 2.63. The van der Waals surface area contributed by atoms with Crippen LogP contribution >= 0.6 is 0 Å². The number of nitrogens with zero attached hydrogens (tertiary/aromatic N) is 3. The third-order valence-corrected chi connectivity index (χ3v) is 1.39. The number of hydrogen-bond acceptors (Lipinski definition) is 3. The molecule has 0 unspecified atom stereocenters. The molecule has 0 spiro atoms. The van der Waals surface area contributed by atoms with Gasteiger partial charge in [-0.05, 0) is 11.6 Å². The summed E-state index contributed by atoms with van der Waals surface area (Å²) >= 11 is 0.